The molecule has 3 heteroatoms. The van der Waals surface area contributed by atoms with Crippen molar-refractivity contribution in [3.05, 3.63) is 29.8 Å². The van der Waals surface area contributed by atoms with E-state index in [1.807, 2.05) is 12.1 Å². The van der Waals surface area contributed by atoms with Gasteiger partial charge in [-0.1, -0.05) is 12.1 Å². The smallest absolute Gasteiger partial charge is 0.119 e. The van der Waals surface area contributed by atoms with Gasteiger partial charge in [-0.25, -0.2) is 0 Å². The lowest BCUT2D eigenvalue weighted by Crippen LogP contribution is -2.20. The molecular weight excluding hydrogens is 253 g/mol. The maximum absolute atomic E-state index is 11.9. The highest BCUT2D eigenvalue weighted by molar-refractivity contribution is 5.27. The van der Waals surface area contributed by atoms with Crippen molar-refractivity contribution in [1.82, 2.24) is 4.90 Å². The van der Waals surface area contributed by atoms with E-state index in [0.29, 0.717) is 13.0 Å². The molecule has 2 nitrogen and oxygen atoms in total. The second kappa shape index (κ2) is 8.96. The first-order valence-corrected chi connectivity index (χ1v) is 7.88. The number of rotatable bonds is 9. The Balaban J connectivity index is 1.63. The van der Waals surface area contributed by atoms with Gasteiger partial charge in [0.15, 0.2) is 0 Å². The molecule has 0 unspecified atom stereocenters. The highest BCUT2D eigenvalue weighted by Crippen LogP contribution is 2.15. The van der Waals surface area contributed by atoms with Gasteiger partial charge in [-0.3, -0.25) is 4.39 Å². The van der Waals surface area contributed by atoms with Crippen molar-refractivity contribution in [2.24, 2.45) is 0 Å². The van der Waals surface area contributed by atoms with Crippen LogP contribution in [0.5, 0.6) is 5.75 Å². The molecule has 1 aliphatic rings. The van der Waals surface area contributed by atoms with E-state index in [-0.39, 0.29) is 6.67 Å². The average molecular weight is 279 g/mol. The molecule has 2 rings (SSSR count). The summed E-state index contributed by atoms with van der Waals surface area (Å²) in [4.78, 5) is 2.56. The van der Waals surface area contributed by atoms with Crippen LogP contribution < -0.4 is 4.74 Å². The first kappa shape index (κ1) is 15.3. The fraction of sp³-hybridized carbons (Fsp3) is 0.647. The van der Waals surface area contributed by atoms with Gasteiger partial charge in [0.2, 0.25) is 0 Å². The van der Waals surface area contributed by atoms with Crippen molar-refractivity contribution in [2.45, 2.75) is 38.5 Å². The van der Waals surface area contributed by atoms with Gasteiger partial charge in [-0.05, 0) is 75.9 Å². The minimum atomic E-state index is -0.251. The minimum absolute atomic E-state index is 0.251. The normalized spacial score (nSPS) is 15.7. The van der Waals surface area contributed by atoms with Crippen molar-refractivity contribution in [2.75, 3.05) is 32.9 Å². The third-order valence-electron chi connectivity index (χ3n) is 3.86. The van der Waals surface area contributed by atoms with Crippen LogP contribution in [0.15, 0.2) is 24.3 Å². The molecule has 0 radical (unpaired) electrons. The number of likely N-dealkylation sites (tertiary alicyclic amines) is 1. The Hall–Kier alpha value is -1.09. The SMILES string of the molecule is FCCCCOc1ccc(CCCN2CCCC2)cc1. The van der Waals surface area contributed by atoms with Crippen molar-refractivity contribution in [3.8, 4) is 5.75 Å². The van der Waals surface area contributed by atoms with Crippen LogP contribution in [0.3, 0.4) is 0 Å². The Morgan fingerprint density at radius 3 is 2.45 bits per heavy atom. The van der Waals surface area contributed by atoms with Gasteiger partial charge in [0.25, 0.3) is 0 Å². The van der Waals surface area contributed by atoms with Gasteiger partial charge < -0.3 is 9.64 Å². The monoisotopic (exact) mass is 279 g/mol. The summed E-state index contributed by atoms with van der Waals surface area (Å²) in [6, 6.07) is 8.35. The van der Waals surface area contributed by atoms with E-state index in [0.717, 1.165) is 18.6 Å². The van der Waals surface area contributed by atoms with E-state index in [4.69, 9.17) is 4.74 Å². The van der Waals surface area contributed by atoms with Gasteiger partial charge in [-0.15, -0.1) is 0 Å². The van der Waals surface area contributed by atoms with Crippen LogP contribution in [0.1, 0.15) is 37.7 Å². The van der Waals surface area contributed by atoms with Gasteiger partial charge in [0.05, 0.1) is 13.3 Å². The topological polar surface area (TPSA) is 12.5 Å². The Labute approximate surface area is 121 Å². The van der Waals surface area contributed by atoms with Crippen molar-refractivity contribution < 1.29 is 9.13 Å². The molecule has 1 aliphatic heterocycles. The molecule has 0 aliphatic carbocycles. The van der Waals surface area contributed by atoms with Crippen molar-refractivity contribution in [3.63, 3.8) is 0 Å². The lowest BCUT2D eigenvalue weighted by Gasteiger charge is -2.14. The molecule has 0 amide bonds. The molecule has 20 heavy (non-hydrogen) atoms. The van der Waals surface area contributed by atoms with Crippen LogP contribution in [0.4, 0.5) is 4.39 Å². The second-order valence-corrected chi connectivity index (χ2v) is 5.54. The minimum Gasteiger partial charge on any atom is -0.494 e. The Kier molecular flexibility index (Phi) is 6.85. The van der Waals surface area contributed by atoms with E-state index >= 15 is 0 Å². The number of hydrogen-bond donors (Lipinski definition) is 0. The van der Waals surface area contributed by atoms with E-state index in [2.05, 4.69) is 17.0 Å². The maximum Gasteiger partial charge on any atom is 0.119 e. The maximum atomic E-state index is 11.9. The predicted molar refractivity (Wildman–Crippen MR) is 81.1 cm³/mol. The highest BCUT2D eigenvalue weighted by Gasteiger charge is 2.10. The van der Waals surface area contributed by atoms with Crippen LogP contribution in [-0.4, -0.2) is 37.8 Å². The number of nitrogens with zero attached hydrogens (tertiary/aromatic N) is 1. The molecule has 1 fully saturated rings. The number of aryl methyl sites for hydroxylation is 1. The molecule has 0 saturated carbocycles. The molecule has 1 aromatic carbocycles. The van der Waals surface area contributed by atoms with E-state index in [1.165, 1.54) is 44.5 Å². The average Bonchev–Trinajstić information content (AvgIpc) is 2.98. The largest absolute Gasteiger partial charge is 0.494 e. The van der Waals surface area contributed by atoms with Gasteiger partial charge in [0.1, 0.15) is 5.75 Å². The summed E-state index contributed by atoms with van der Waals surface area (Å²) in [7, 11) is 0. The van der Waals surface area contributed by atoms with Gasteiger partial charge >= 0.3 is 0 Å². The number of halogens is 1. The zero-order valence-corrected chi connectivity index (χ0v) is 12.3. The van der Waals surface area contributed by atoms with Crippen LogP contribution in [-0.2, 0) is 6.42 Å². The number of hydrogen-bond acceptors (Lipinski definition) is 2. The highest BCUT2D eigenvalue weighted by atomic mass is 19.1. The Morgan fingerprint density at radius 1 is 1.00 bits per heavy atom. The third-order valence-corrected chi connectivity index (χ3v) is 3.86. The molecule has 0 bridgehead atoms. The summed E-state index contributed by atoms with van der Waals surface area (Å²) in [5.41, 5.74) is 1.38. The molecule has 0 atom stereocenters. The lowest BCUT2D eigenvalue weighted by atomic mass is 10.1. The summed E-state index contributed by atoms with van der Waals surface area (Å²) in [5, 5.41) is 0. The predicted octanol–water partition coefficient (Wildman–Crippen LogP) is 3.84. The molecule has 112 valence electrons. The zero-order chi connectivity index (χ0) is 14.0. The quantitative estimate of drug-likeness (QED) is 0.637. The number of unbranched alkanes of at least 4 members (excludes halogenated alkanes) is 1. The summed E-state index contributed by atoms with van der Waals surface area (Å²) >= 11 is 0. The van der Waals surface area contributed by atoms with Crippen LogP contribution in [0, 0.1) is 0 Å². The molecule has 1 saturated heterocycles. The van der Waals surface area contributed by atoms with Crippen LogP contribution in [0.2, 0.25) is 0 Å². The zero-order valence-electron chi connectivity index (χ0n) is 12.3. The van der Waals surface area contributed by atoms with Crippen LogP contribution in [0.25, 0.3) is 0 Å². The Bertz CT molecular complexity index is 360. The molecule has 1 aromatic rings. The molecule has 0 spiro atoms. The van der Waals surface area contributed by atoms with E-state index in [9.17, 15) is 4.39 Å². The first-order chi connectivity index (χ1) is 9.88. The standard InChI is InChI=1S/C17H26FNO/c18-11-1-4-15-20-17-9-7-16(8-10-17)6-5-14-19-12-2-3-13-19/h7-10H,1-6,11-15H2. The Morgan fingerprint density at radius 2 is 1.75 bits per heavy atom. The number of alkyl halides is 1. The lowest BCUT2D eigenvalue weighted by molar-refractivity contribution is 0.297. The molecular formula is C17H26FNO. The van der Waals surface area contributed by atoms with Gasteiger partial charge in [-0.2, -0.15) is 0 Å². The summed E-state index contributed by atoms with van der Waals surface area (Å²) in [5.74, 6) is 0.896. The fourth-order valence-electron chi connectivity index (χ4n) is 2.65. The van der Waals surface area contributed by atoms with Crippen LogP contribution >= 0.6 is 0 Å². The summed E-state index contributed by atoms with van der Waals surface area (Å²) in [6.45, 7) is 4.15. The second-order valence-electron chi connectivity index (χ2n) is 5.54. The van der Waals surface area contributed by atoms with E-state index in [1.54, 1.807) is 0 Å². The van der Waals surface area contributed by atoms with Gasteiger partial charge in [0, 0.05) is 0 Å². The van der Waals surface area contributed by atoms with E-state index < -0.39 is 0 Å². The molecule has 0 N–H and O–H groups in total. The van der Waals surface area contributed by atoms with Crippen molar-refractivity contribution in [1.29, 1.82) is 0 Å². The molecule has 1 heterocycles. The fourth-order valence-corrected chi connectivity index (χ4v) is 2.65. The van der Waals surface area contributed by atoms with Crippen molar-refractivity contribution >= 4 is 0 Å². The third kappa shape index (κ3) is 5.49. The summed E-state index contributed by atoms with van der Waals surface area (Å²) < 4.78 is 17.5. The number of benzene rings is 1. The number of ether oxygens (including phenoxy) is 1. The molecule has 0 aromatic heterocycles. The first-order valence-electron chi connectivity index (χ1n) is 7.88. The summed E-state index contributed by atoms with van der Waals surface area (Å²) in [6.07, 6.45) is 6.49.